The van der Waals surface area contributed by atoms with E-state index in [0.29, 0.717) is 17.3 Å². The molecule has 0 amide bonds. The fourth-order valence-electron chi connectivity index (χ4n) is 2.76. The Kier molecular flexibility index (Phi) is 3.11. The Morgan fingerprint density at radius 1 is 1.11 bits per heavy atom. The summed E-state index contributed by atoms with van der Waals surface area (Å²) in [4.78, 5) is 2.10. The van der Waals surface area contributed by atoms with E-state index in [4.69, 9.17) is 5.73 Å². The minimum Gasteiger partial charge on any atom is -0.399 e. The lowest BCUT2D eigenvalue weighted by molar-refractivity contribution is 0.623. The number of rotatable bonds is 2. The SMILES string of the molecule is Nc1ccc(N2CCC(c3ccccc3)C2)c(F)c1. The summed E-state index contributed by atoms with van der Waals surface area (Å²) in [6.07, 6.45) is 1.06. The van der Waals surface area contributed by atoms with Gasteiger partial charge >= 0.3 is 0 Å². The first-order chi connectivity index (χ1) is 9.24. The van der Waals surface area contributed by atoms with Crippen molar-refractivity contribution in [1.29, 1.82) is 0 Å². The molecular formula is C16H17FN2. The predicted octanol–water partition coefficient (Wildman–Crippen LogP) is 3.40. The molecule has 3 heteroatoms. The first-order valence-corrected chi connectivity index (χ1v) is 6.59. The van der Waals surface area contributed by atoms with Gasteiger partial charge in [-0.25, -0.2) is 4.39 Å². The summed E-state index contributed by atoms with van der Waals surface area (Å²) in [6.45, 7) is 1.76. The summed E-state index contributed by atoms with van der Waals surface area (Å²) in [5, 5.41) is 0. The van der Waals surface area contributed by atoms with E-state index in [1.807, 2.05) is 6.07 Å². The van der Waals surface area contributed by atoms with E-state index in [2.05, 4.69) is 29.2 Å². The van der Waals surface area contributed by atoms with Crippen LogP contribution in [0.25, 0.3) is 0 Å². The normalized spacial score (nSPS) is 18.8. The van der Waals surface area contributed by atoms with Crippen LogP contribution in [0.2, 0.25) is 0 Å². The summed E-state index contributed by atoms with van der Waals surface area (Å²) in [5.74, 6) is 0.256. The summed E-state index contributed by atoms with van der Waals surface area (Å²) in [7, 11) is 0. The summed E-state index contributed by atoms with van der Waals surface area (Å²) in [6, 6.07) is 15.4. The zero-order valence-electron chi connectivity index (χ0n) is 10.7. The Balaban J connectivity index is 1.79. The van der Waals surface area contributed by atoms with Crippen LogP contribution in [-0.4, -0.2) is 13.1 Å². The molecule has 2 aromatic carbocycles. The van der Waals surface area contributed by atoms with Gasteiger partial charge in [0, 0.05) is 24.7 Å². The first-order valence-electron chi connectivity index (χ1n) is 6.59. The van der Waals surface area contributed by atoms with Gasteiger partial charge in [0.05, 0.1) is 5.69 Å². The molecule has 1 unspecified atom stereocenters. The molecule has 2 aromatic rings. The van der Waals surface area contributed by atoms with Crippen molar-refractivity contribution >= 4 is 11.4 Å². The Morgan fingerprint density at radius 2 is 1.89 bits per heavy atom. The average Bonchev–Trinajstić information content (AvgIpc) is 2.89. The zero-order chi connectivity index (χ0) is 13.2. The number of hydrogen-bond donors (Lipinski definition) is 1. The molecule has 1 atom stereocenters. The highest BCUT2D eigenvalue weighted by atomic mass is 19.1. The van der Waals surface area contributed by atoms with Gasteiger partial charge in [-0.1, -0.05) is 30.3 Å². The molecule has 0 bridgehead atoms. The second kappa shape index (κ2) is 4.92. The highest BCUT2D eigenvalue weighted by molar-refractivity contribution is 5.55. The monoisotopic (exact) mass is 256 g/mol. The van der Waals surface area contributed by atoms with Crippen molar-refractivity contribution in [2.75, 3.05) is 23.7 Å². The van der Waals surface area contributed by atoms with Crippen LogP contribution in [0.4, 0.5) is 15.8 Å². The van der Waals surface area contributed by atoms with E-state index in [1.54, 1.807) is 12.1 Å². The van der Waals surface area contributed by atoms with Crippen LogP contribution in [0.3, 0.4) is 0 Å². The average molecular weight is 256 g/mol. The van der Waals surface area contributed by atoms with Gasteiger partial charge in [0.1, 0.15) is 5.82 Å². The molecular weight excluding hydrogens is 239 g/mol. The van der Waals surface area contributed by atoms with Crippen LogP contribution in [0.15, 0.2) is 48.5 Å². The number of nitrogen functional groups attached to an aromatic ring is 1. The fraction of sp³-hybridized carbons (Fsp3) is 0.250. The maximum atomic E-state index is 13.9. The second-order valence-electron chi connectivity index (χ2n) is 5.05. The molecule has 1 aliphatic rings. The Morgan fingerprint density at radius 3 is 2.63 bits per heavy atom. The largest absolute Gasteiger partial charge is 0.399 e. The Bertz CT molecular complexity index is 568. The van der Waals surface area contributed by atoms with Crippen LogP contribution in [0.5, 0.6) is 0 Å². The lowest BCUT2D eigenvalue weighted by Crippen LogP contribution is -2.20. The van der Waals surface area contributed by atoms with Gasteiger partial charge in [-0.05, 0) is 30.2 Å². The summed E-state index contributed by atoms with van der Waals surface area (Å²) in [5.41, 5.74) is 8.05. The zero-order valence-corrected chi connectivity index (χ0v) is 10.7. The lowest BCUT2D eigenvalue weighted by Gasteiger charge is -2.19. The van der Waals surface area contributed by atoms with Gasteiger partial charge in [-0.15, -0.1) is 0 Å². The number of nitrogens with two attached hydrogens (primary N) is 1. The van der Waals surface area contributed by atoms with Gasteiger partial charge in [0.15, 0.2) is 0 Å². The van der Waals surface area contributed by atoms with Crippen molar-refractivity contribution < 1.29 is 4.39 Å². The van der Waals surface area contributed by atoms with Crippen LogP contribution in [-0.2, 0) is 0 Å². The van der Waals surface area contributed by atoms with Gasteiger partial charge in [0.2, 0.25) is 0 Å². The van der Waals surface area contributed by atoms with E-state index in [0.717, 1.165) is 19.5 Å². The van der Waals surface area contributed by atoms with Gasteiger partial charge in [-0.2, -0.15) is 0 Å². The van der Waals surface area contributed by atoms with Gasteiger partial charge in [0.25, 0.3) is 0 Å². The third kappa shape index (κ3) is 2.41. The molecule has 2 nitrogen and oxygen atoms in total. The first kappa shape index (κ1) is 12.0. The molecule has 0 saturated carbocycles. The third-order valence-electron chi connectivity index (χ3n) is 3.77. The quantitative estimate of drug-likeness (QED) is 0.834. The maximum absolute atomic E-state index is 13.9. The Labute approximate surface area is 112 Å². The highest BCUT2D eigenvalue weighted by Gasteiger charge is 2.25. The van der Waals surface area contributed by atoms with Crippen molar-refractivity contribution in [2.45, 2.75) is 12.3 Å². The predicted molar refractivity (Wildman–Crippen MR) is 76.8 cm³/mol. The van der Waals surface area contributed by atoms with Crippen LogP contribution in [0, 0.1) is 5.82 Å². The number of benzene rings is 2. The van der Waals surface area contributed by atoms with Crippen LogP contribution < -0.4 is 10.6 Å². The maximum Gasteiger partial charge on any atom is 0.148 e. The number of hydrogen-bond acceptors (Lipinski definition) is 2. The standard InChI is InChI=1S/C16H17FN2/c17-15-10-14(18)6-7-16(15)19-9-8-13(11-19)12-4-2-1-3-5-12/h1-7,10,13H,8-9,11,18H2. The van der Waals surface area contributed by atoms with Crippen molar-refractivity contribution in [3.05, 3.63) is 59.9 Å². The third-order valence-corrected chi connectivity index (χ3v) is 3.77. The van der Waals surface area contributed by atoms with Crippen molar-refractivity contribution in [1.82, 2.24) is 0 Å². The lowest BCUT2D eigenvalue weighted by atomic mass is 9.99. The molecule has 3 rings (SSSR count). The van der Waals surface area contributed by atoms with Crippen molar-refractivity contribution in [3.63, 3.8) is 0 Å². The molecule has 1 heterocycles. The molecule has 1 aliphatic heterocycles. The molecule has 1 fully saturated rings. The van der Waals surface area contributed by atoms with Gasteiger partial charge in [-0.3, -0.25) is 0 Å². The molecule has 0 aliphatic carbocycles. The molecule has 0 aromatic heterocycles. The topological polar surface area (TPSA) is 29.3 Å². The molecule has 1 saturated heterocycles. The molecule has 2 N–H and O–H groups in total. The second-order valence-corrected chi connectivity index (χ2v) is 5.05. The van der Waals surface area contributed by atoms with Crippen molar-refractivity contribution in [3.8, 4) is 0 Å². The smallest absolute Gasteiger partial charge is 0.148 e. The summed E-state index contributed by atoms with van der Waals surface area (Å²) < 4.78 is 13.9. The summed E-state index contributed by atoms with van der Waals surface area (Å²) >= 11 is 0. The van der Waals surface area contributed by atoms with Crippen LogP contribution >= 0.6 is 0 Å². The van der Waals surface area contributed by atoms with Gasteiger partial charge < -0.3 is 10.6 Å². The van der Waals surface area contributed by atoms with E-state index in [-0.39, 0.29) is 5.82 Å². The van der Waals surface area contributed by atoms with Crippen molar-refractivity contribution in [2.24, 2.45) is 0 Å². The minimum absolute atomic E-state index is 0.228. The number of nitrogens with zero attached hydrogens (tertiary/aromatic N) is 1. The van der Waals surface area contributed by atoms with Crippen LogP contribution in [0.1, 0.15) is 17.9 Å². The Hall–Kier alpha value is -2.03. The fourth-order valence-corrected chi connectivity index (χ4v) is 2.76. The van der Waals surface area contributed by atoms with E-state index < -0.39 is 0 Å². The molecule has 19 heavy (non-hydrogen) atoms. The minimum atomic E-state index is -0.228. The highest BCUT2D eigenvalue weighted by Crippen LogP contribution is 2.32. The van der Waals surface area contributed by atoms with E-state index in [1.165, 1.54) is 11.6 Å². The molecule has 0 radical (unpaired) electrons. The molecule has 0 spiro atoms. The van der Waals surface area contributed by atoms with E-state index >= 15 is 0 Å². The number of halogens is 1. The van der Waals surface area contributed by atoms with E-state index in [9.17, 15) is 4.39 Å². The number of anilines is 2. The molecule has 98 valence electrons.